The smallest absolute Gasteiger partial charge is 0.289 e. The van der Waals surface area contributed by atoms with Crippen molar-refractivity contribution < 1.29 is 9.21 Å². The van der Waals surface area contributed by atoms with Gasteiger partial charge in [-0.15, -0.1) is 11.3 Å². The number of aromatic nitrogens is 2. The van der Waals surface area contributed by atoms with E-state index in [1.165, 1.54) is 28.7 Å². The van der Waals surface area contributed by atoms with Crippen LogP contribution in [0.3, 0.4) is 0 Å². The number of amides is 1. The van der Waals surface area contributed by atoms with Crippen LogP contribution >= 0.6 is 11.3 Å². The molecule has 1 amide bonds. The standard InChI is InChI=1S/C20H22N4O2S/c1-12-13(2)27-19-16(12)18(21-17(22-19)14-5-6-14)23-7-9-24(10-8-23)20(25)15-4-3-11-26-15/h3-4,11,14H,5-10H2,1-2H3. The first-order chi connectivity index (χ1) is 13.1. The van der Waals surface area contributed by atoms with Gasteiger partial charge < -0.3 is 14.2 Å². The minimum absolute atomic E-state index is 0.0336. The summed E-state index contributed by atoms with van der Waals surface area (Å²) in [5.74, 6) is 2.95. The summed E-state index contributed by atoms with van der Waals surface area (Å²) >= 11 is 1.77. The van der Waals surface area contributed by atoms with E-state index >= 15 is 0 Å². The van der Waals surface area contributed by atoms with E-state index < -0.39 is 0 Å². The Morgan fingerprint density at radius 3 is 2.63 bits per heavy atom. The number of carbonyl (C=O) groups excluding carboxylic acids is 1. The van der Waals surface area contributed by atoms with Gasteiger partial charge in [0.15, 0.2) is 5.76 Å². The second-order valence-corrected chi connectivity index (χ2v) is 8.60. The van der Waals surface area contributed by atoms with Gasteiger partial charge in [-0.2, -0.15) is 0 Å². The Balaban J connectivity index is 1.43. The van der Waals surface area contributed by atoms with E-state index in [0.29, 0.717) is 24.8 Å². The van der Waals surface area contributed by atoms with Crippen molar-refractivity contribution in [2.45, 2.75) is 32.6 Å². The fourth-order valence-electron chi connectivity index (χ4n) is 3.67. The highest BCUT2D eigenvalue weighted by atomic mass is 32.1. The largest absolute Gasteiger partial charge is 0.459 e. The van der Waals surface area contributed by atoms with Gasteiger partial charge in [-0.25, -0.2) is 9.97 Å². The second-order valence-electron chi connectivity index (χ2n) is 7.40. The molecule has 3 aromatic heterocycles. The number of carbonyl (C=O) groups is 1. The normalized spacial score (nSPS) is 17.7. The SMILES string of the molecule is Cc1sc2nc(C3CC3)nc(N3CCN(C(=O)c4ccco4)CC3)c2c1C. The molecule has 1 saturated carbocycles. The average Bonchev–Trinajstić information content (AvgIpc) is 3.32. The van der Waals surface area contributed by atoms with Gasteiger partial charge in [-0.3, -0.25) is 4.79 Å². The summed E-state index contributed by atoms with van der Waals surface area (Å²) in [4.78, 5) is 28.9. The summed E-state index contributed by atoms with van der Waals surface area (Å²) in [6.07, 6.45) is 3.93. The number of furan rings is 1. The molecule has 0 atom stereocenters. The lowest BCUT2D eigenvalue weighted by Gasteiger charge is -2.35. The van der Waals surface area contributed by atoms with Gasteiger partial charge in [0.25, 0.3) is 5.91 Å². The summed E-state index contributed by atoms with van der Waals surface area (Å²) in [6.45, 7) is 7.21. The summed E-state index contributed by atoms with van der Waals surface area (Å²) in [5, 5.41) is 1.19. The quantitative estimate of drug-likeness (QED) is 0.690. The molecule has 1 aliphatic heterocycles. The van der Waals surface area contributed by atoms with Crippen LogP contribution in [0, 0.1) is 13.8 Å². The van der Waals surface area contributed by atoms with Crippen LogP contribution in [0.5, 0.6) is 0 Å². The maximum atomic E-state index is 12.5. The highest BCUT2D eigenvalue weighted by Gasteiger charge is 2.31. The Labute approximate surface area is 161 Å². The topological polar surface area (TPSA) is 62.5 Å². The summed E-state index contributed by atoms with van der Waals surface area (Å²) in [7, 11) is 0. The number of hydrogen-bond donors (Lipinski definition) is 0. The van der Waals surface area contributed by atoms with Gasteiger partial charge in [-0.05, 0) is 44.4 Å². The molecule has 0 aromatic carbocycles. The molecule has 0 N–H and O–H groups in total. The molecular formula is C20H22N4O2S. The molecule has 6 nitrogen and oxygen atoms in total. The number of thiophene rings is 1. The van der Waals surface area contributed by atoms with Crippen LogP contribution in [-0.4, -0.2) is 47.0 Å². The van der Waals surface area contributed by atoms with Crippen LogP contribution in [0.25, 0.3) is 10.2 Å². The third-order valence-electron chi connectivity index (χ3n) is 5.57. The molecule has 140 valence electrons. The molecule has 27 heavy (non-hydrogen) atoms. The van der Waals surface area contributed by atoms with Gasteiger partial charge >= 0.3 is 0 Å². The zero-order valence-electron chi connectivity index (χ0n) is 15.6. The number of rotatable bonds is 3. The molecule has 3 aromatic rings. The molecule has 1 saturated heterocycles. The van der Waals surface area contributed by atoms with Crippen LogP contribution in [-0.2, 0) is 0 Å². The number of fused-ring (bicyclic) bond motifs is 1. The van der Waals surface area contributed by atoms with Crippen molar-refractivity contribution in [1.82, 2.24) is 14.9 Å². The number of piperazine rings is 1. The molecular weight excluding hydrogens is 360 g/mol. The van der Waals surface area contributed by atoms with E-state index in [2.05, 4.69) is 18.7 Å². The third-order valence-corrected chi connectivity index (χ3v) is 6.67. The van der Waals surface area contributed by atoms with Crippen molar-refractivity contribution in [2.75, 3.05) is 31.1 Å². The predicted octanol–water partition coefficient (Wildman–Crippen LogP) is 3.74. The number of aryl methyl sites for hydroxylation is 2. The molecule has 0 spiro atoms. The zero-order valence-corrected chi connectivity index (χ0v) is 16.4. The first kappa shape index (κ1) is 16.7. The van der Waals surface area contributed by atoms with Crippen molar-refractivity contribution in [3.8, 4) is 0 Å². The lowest BCUT2D eigenvalue weighted by Crippen LogP contribution is -2.49. The van der Waals surface area contributed by atoms with E-state index in [9.17, 15) is 4.79 Å². The highest BCUT2D eigenvalue weighted by Crippen LogP contribution is 2.42. The molecule has 5 rings (SSSR count). The summed E-state index contributed by atoms with van der Waals surface area (Å²) in [5.41, 5.74) is 1.28. The second kappa shape index (κ2) is 6.34. The fraction of sp³-hybridized carbons (Fsp3) is 0.450. The summed E-state index contributed by atoms with van der Waals surface area (Å²) in [6, 6.07) is 3.48. The van der Waals surface area contributed by atoms with Gasteiger partial charge in [0, 0.05) is 37.0 Å². The van der Waals surface area contributed by atoms with E-state index in [1.807, 2.05) is 4.90 Å². The maximum absolute atomic E-state index is 12.5. The number of nitrogens with zero attached hydrogens (tertiary/aromatic N) is 4. The Kier molecular flexibility index (Phi) is 3.93. The maximum Gasteiger partial charge on any atom is 0.289 e. The van der Waals surface area contributed by atoms with Gasteiger partial charge in [0.05, 0.1) is 11.6 Å². The molecule has 0 bridgehead atoms. The number of hydrogen-bond acceptors (Lipinski definition) is 6. The average molecular weight is 382 g/mol. The van der Waals surface area contributed by atoms with Crippen molar-refractivity contribution in [3.63, 3.8) is 0 Å². The van der Waals surface area contributed by atoms with Gasteiger partial charge in [-0.1, -0.05) is 0 Å². The third kappa shape index (κ3) is 2.90. The molecule has 7 heteroatoms. The first-order valence-electron chi connectivity index (χ1n) is 9.47. The Morgan fingerprint density at radius 1 is 1.19 bits per heavy atom. The molecule has 2 fully saturated rings. The van der Waals surface area contributed by atoms with Crippen LogP contribution in [0.1, 0.15) is 45.6 Å². The van der Waals surface area contributed by atoms with Crippen molar-refractivity contribution in [1.29, 1.82) is 0 Å². The molecule has 1 aliphatic carbocycles. The Bertz CT molecular complexity index is 999. The minimum atomic E-state index is -0.0336. The zero-order chi connectivity index (χ0) is 18.5. The van der Waals surface area contributed by atoms with Crippen LogP contribution in [0.2, 0.25) is 0 Å². The predicted molar refractivity (Wildman–Crippen MR) is 106 cm³/mol. The molecule has 0 unspecified atom stereocenters. The van der Waals surface area contributed by atoms with Crippen LogP contribution in [0.15, 0.2) is 22.8 Å². The lowest BCUT2D eigenvalue weighted by atomic mass is 10.2. The monoisotopic (exact) mass is 382 g/mol. The minimum Gasteiger partial charge on any atom is -0.459 e. The van der Waals surface area contributed by atoms with Gasteiger partial charge in [0.2, 0.25) is 0 Å². The molecule has 4 heterocycles. The Hall–Kier alpha value is -2.41. The lowest BCUT2D eigenvalue weighted by molar-refractivity contribution is 0.0714. The summed E-state index contributed by atoms with van der Waals surface area (Å²) < 4.78 is 5.26. The van der Waals surface area contributed by atoms with E-state index in [0.717, 1.165) is 29.6 Å². The Morgan fingerprint density at radius 2 is 1.96 bits per heavy atom. The fourth-order valence-corrected chi connectivity index (χ4v) is 4.71. The van der Waals surface area contributed by atoms with Crippen LogP contribution in [0.4, 0.5) is 5.82 Å². The van der Waals surface area contributed by atoms with E-state index in [1.54, 1.807) is 29.7 Å². The van der Waals surface area contributed by atoms with Crippen molar-refractivity contribution in [2.24, 2.45) is 0 Å². The van der Waals surface area contributed by atoms with E-state index in [4.69, 9.17) is 14.4 Å². The van der Waals surface area contributed by atoms with Crippen molar-refractivity contribution >= 4 is 33.3 Å². The van der Waals surface area contributed by atoms with Crippen LogP contribution < -0.4 is 4.90 Å². The van der Waals surface area contributed by atoms with Crippen molar-refractivity contribution in [3.05, 3.63) is 40.4 Å². The first-order valence-corrected chi connectivity index (χ1v) is 10.3. The van der Waals surface area contributed by atoms with Gasteiger partial charge in [0.1, 0.15) is 16.5 Å². The molecule has 0 radical (unpaired) electrons. The molecule has 2 aliphatic rings. The van der Waals surface area contributed by atoms with E-state index in [-0.39, 0.29) is 5.91 Å². The highest BCUT2D eigenvalue weighted by molar-refractivity contribution is 7.18. The number of anilines is 1.